The molecule has 0 aromatic heterocycles. The van der Waals surface area contributed by atoms with Crippen molar-refractivity contribution in [2.45, 2.75) is 11.9 Å². The maximum absolute atomic E-state index is 10.7. The molecule has 1 aliphatic carbocycles. The van der Waals surface area contributed by atoms with Crippen molar-refractivity contribution in [3.63, 3.8) is 0 Å². The van der Waals surface area contributed by atoms with Crippen molar-refractivity contribution in [3.8, 4) is 0 Å². The normalized spacial score (nSPS) is 15.5. The molecule has 0 aromatic carbocycles. The molecule has 126 valence electrons. The lowest BCUT2D eigenvalue weighted by Gasteiger charge is -2.23. The molecule has 0 saturated carbocycles. The number of allylic oxidation sites excluding steroid dienone is 7. The third-order valence-corrected chi connectivity index (χ3v) is 2.99. The molecular formula is C14H20F3NO3S. The van der Waals surface area contributed by atoms with E-state index in [9.17, 15) is 13.2 Å². The fourth-order valence-corrected chi connectivity index (χ4v) is 1.24. The second-order valence-corrected chi connectivity index (χ2v) is 6.91. The van der Waals surface area contributed by atoms with E-state index in [2.05, 4.69) is 57.6 Å². The van der Waals surface area contributed by atoms with Gasteiger partial charge in [-0.1, -0.05) is 42.5 Å². The fourth-order valence-electron chi connectivity index (χ4n) is 1.24. The first-order valence-corrected chi connectivity index (χ1v) is 7.77. The quantitative estimate of drug-likeness (QED) is 0.451. The van der Waals surface area contributed by atoms with Crippen molar-refractivity contribution < 1.29 is 30.6 Å². The van der Waals surface area contributed by atoms with Gasteiger partial charge in [0.1, 0.15) is 0 Å². The van der Waals surface area contributed by atoms with Gasteiger partial charge >= 0.3 is 5.51 Å². The Morgan fingerprint density at radius 3 is 1.95 bits per heavy atom. The predicted octanol–water partition coefficient (Wildman–Crippen LogP) is 2.74. The molecule has 0 amide bonds. The van der Waals surface area contributed by atoms with E-state index in [1.807, 2.05) is 6.08 Å². The summed E-state index contributed by atoms with van der Waals surface area (Å²) in [4.78, 5) is 0. The minimum Gasteiger partial charge on any atom is -0.741 e. The molecule has 0 bridgehead atoms. The van der Waals surface area contributed by atoms with Crippen LogP contribution in [0.3, 0.4) is 0 Å². The second kappa shape index (κ2) is 8.30. The zero-order valence-electron chi connectivity index (χ0n) is 12.7. The average Bonchev–Trinajstić information content (AvgIpc) is 2.24. The maximum atomic E-state index is 10.7. The first-order chi connectivity index (χ1) is 9.83. The van der Waals surface area contributed by atoms with E-state index in [0.29, 0.717) is 0 Å². The monoisotopic (exact) mass is 339 g/mol. The molecule has 0 aliphatic heterocycles. The largest absolute Gasteiger partial charge is 0.741 e. The van der Waals surface area contributed by atoms with Crippen molar-refractivity contribution in [2.75, 3.05) is 27.7 Å². The summed E-state index contributed by atoms with van der Waals surface area (Å²) < 4.78 is 59.9. The van der Waals surface area contributed by atoms with Crippen LogP contribution in [0.4, 0.5) is 13.2 Å². The van der Waals surface area contributed by atoms with Crippen molar-refractivity contribution >= 4 is 10.1 Å². The Kier molecular flexibility index (Phi) is 7.78. The Morgan fingerprint density at radius 1 is 1.05 bits per heavy atom. The van der Waals surface area contributed by atoms with Gasteiger partial charge in [-0.2, -0.15) is 13.2 Å². The van der Waals surface area contributed by atoms with E-state index in [1.165, 1.54) is 12.1 Å². The molecule has 0 atom stereocenters. The van der Waals surface area contributed by atoms with Crippen LogP contribution in [0.5, 0.6) is 0 Å². The van der Waals surface area contributed by atoms with Crippen LogP contribution in [0.2, 0.25) is 0 Å². The molecule has 0 radical (unpaired) electrons. The molecule has 0 N–H and O–H groups in total. The first-order valence-electron chi connectivity index (χ1n) is 6.36. The maximum Gasteiger partial charge on any atom is 0.485 e. The number of nitrogens with zero attached hydrogens (tertiary/aromatic N) is 1. The summed E-state index contributed by atoms with van der Waals surface area (Å²) in [5.41, 5.74) is -4.24. The summed E-state index contributed by atoms with van der Waals surface area (Å²) in [7, 11) is 0.585. The molecule has 1 aliphatic rings. The molecule has 0 fully saturated rings. The van der Waals surface area contributed by atoms with Crippen molar-refractivity contribution in [2.24, 2.45) is 0 Å². The van der Waals surface area contributed by atoms with Crippen LogP contribution in [0.15, 0.2) is 48.1 Å². The lowest BCUT2D eigenvalue weighted by molar-refractivity contribution is -0.870. The lowest BCUT2D eigenvalue weighted by atomic mass is 10.1. The van der Waals surface area contributed by atoms with Crippen LogP contribution in [0.1, 0.15) is 6.42 Å². The number of quaternary nitrogens is 1. The molecule has 4 nitrogen and oxygen atoms in total. The van der Waals surface area contributed by atoms with Crippen LogP contribution in [0.25, 0.3) is 0 Å². The predicted molar refractivity (Wildman–Crippen MR) is 78.8 cm³/mol. The minimum absolute atomic E-state index is 1.02. The number of rotatable bonds is 3. The Bertz CT molecular complexity index is 565. The van der Waals surface area contributed by atoms with Crippen LogP contribution in [-0.2, 0) is 10.1 Å². The van der Waals surface area contributed by atoms with Crippen molar-refractivity contribution in [3.05, 3.63) is 48.1 Å². The molecule has 0 heterocycles. The summed E-state index contributed by atoms with van der Waals surface area (Å²) in [6.45, 7) is 1.17. The van der Waals surface area contributed by atoms with E-state index < -0.39 is 15.6 Å². The second-order valence-electron chi connectivity index (χ2n) is 5.53. The van der Waals surface area contributed by atoms with Gasteiger partial charge in [0.05, 0.1) is 27.7 Å². The third-order valence-electron chi connectivity index (χ3n) is 2.42. The summed E-state index contributed by atoms with van der Waals surface area (Å²) >= 11 is 0. The van der Waals surface area contributed by atoms with Gasteiger partial charge in [0.2, 0.25) is 0 Å². The van der Waals surface area contributed by atoms with Crippen LogP contribution in [-0.4, -0.2) is 50.6 Å². The van der Waals surface area contributed by atoms with Gasteiger partial charge < -0.3 is 9.04 Å². The molecule has 8 heteroatoms. The van der Waals surface area contributed by atoms with Crippen LogP contribution >= 0.6 is 0 Å². The van der Waals surface area contributed by atoms with Gasteiger partial charge in [-0.3, -0.25) is 0 Å². The van der Waals surface area contributed by atoms with E-state index in [1.54, 1.807) is 0 Å². The van der Waals surface area contributed by atoms with E-state index in [4.69, 9.17) is 13.0 Å². The standard InChI is InChI=1S/C13H20N.CHF3O3S/c1-14(2,3)12-11-13-9-7-5-4-6-8-10-13;2-1(3,4)8(5,6)7/h4-10H,11-12H2,1-3H3;(H,5,6,7)/q+1;/p-1. The Balaban J connectivity index is 0.000000472. The van der Waals surface area contributed by atoms with Crippen molar-refractivity contribution in [1.82, 2.24) is 0 Å². The average molecular weight is 339 g/mol. The lowest BCUT2D eigenvalue weighted by Crippen LogP contribution is -2.35. The van der Waals surface area contributed by atoms with Gasteiger partial charge in [0.15, 0.2) is 10.1 Å². The summed E-state index contributed by atoms with van der Waals surface area (Å²) in [5, 5.41) is 0. The fraction of sp³-hybridized carbons (Fsp3) is 0.429. The summed E-state index contributed by atoms with van der Waals surface area (Å²) in [6, 6.07) is 0. The van der Waals surface area contributed by atoms with Gasteiger partial charge in [0, 0.05) is 6.42 Å². The molecule has 22 heavy (non-hydrogen) atoms. The SMILES string of the molecule is C[N+](C)(C)CCC1=CC=CC=CC=C1.O=S(=O)([O-])C(F)(F)F. The van der Waals surface area contributed by atoms with Crippen LogP contribution in [0, 0.1) is 0 Å². The van der Waals surface area contributed by atoms with E-state index in [-0.39, 0.29) is 0 Å². The smallest absolute Gasteiger partial charge is 0.485 e. The van der Waals surface area contributed by atoms with E-state index >= 15 is 0 Å². The van der Waals surface area contributed by atoms with Crippen LogP contribution < -0.4 is 0 Å². The highest BCUT2D eigenvalue weighted by molar-refractivity contribution is 7.86. The van der Waals surface area contributed by atoms with Gasteiger partial charge in [-0.15, -0.1) is 0 Å². The Hall–Kier alpha value is -1.38. The highest BCUT2D eigenvalue weighted by Crippen LogP contribution is 2.20. The third kappa shape index (κ3) is 10.4. The summed E-state index contributed by atoms with van der Waals surface area (Å²) in [5.74, 6) is 0. The zero-order chi connectivity index (χ0) is 17.4. The highest BCUT2D eigenvalue weighted by atomic mass is 32.2. The molecule has 0 aromatic rings. The minimum atomic E-state index is -6.09. The van der Waals surface area contributed by atoms with Gasteiger partial charge in [0.25, 0.3) is 0 Å². The van der Waals surface area contributed by atoms with Gasteiger partial charge in [-0.25, -0.2) is 8.42 Å². The molecule has 0 saturated heterocycles. The molecule has 0 unspecified atom stereocenters. The molecular weight excluding hydrogens is 319 g/mol. The molecule has 0 spiro atoms. The number of halogens is 3. The Morgan fingerprint density at radius 2 is 1.50 bits per heavy atom. The summed E-state index contributed by atoms with van der Waals surface area (Å²) in [6.07, 6.45) is 15.9. The topological polar surface area (TPSA) is 57.2 Å². The van der Waals surface area contributed by atoms with Gasteiger partial charge in [-0.05, 0) is 5.57 Å². The number of hydrogen-bond acceptors (Lipinski definition) is 3. The van der Waals surface area contributed by atoms with Crippen molar-refractivity contribution in [1.29, 1.82) is 0 Å². The zero-order valence-corrected chi connectivity index (χ0v) is 13.5. The number of hydrogen-bond donors (Lipinski definition) is 0. The Labute approximate surface area is 129 Å². The van der Waals surface area contributed by atoms with E-state index in [0.717, 1.165) is 10.9 Å². The number of alkyl halides is 3. The molecule has 1 rings (SSSR count). The highest BCUT2D eigenvalue weighted by Gasteiger charge is 2.36. The first kappa shape index (κ1) is 20.6.